The standard InChI is InChI=1S/C15H24B2FN2OP/c1-9-10(7-15(16,18)22)11(6-12(19)20-9)17-8-13(2,3)14(4,5)21-17/h6H,7-8,22H2,1-5H3,(H2,19,20). The summed E-state index contributed by atoms with van der Waals surface area (Å²) in [6.07, 6.45) is 0.906. The summed E-state index contributed by atoms with van der Waals surface area (Å²) in [4.78, 5) is 4.25. The summed E-state index contributed by atoms with van der Waals surface area (Å²) in [5.41, 5.74) is 8.03. The summed E-state index contributed by atoms with van der Waals surface area (Å²) >= 11 is 0. The van der Waals surface area contributed by atoms with E-state index in [4.69, 9.17) is 18.2 Å². The molecule has 0 spiro atoms. The van der Waals surface area contributed by atoms with Gasteiger partial charge in [0.15, 0.2) is 0 Å². The summed E-state index contributed by atoms with van der Waals surface area (Å²) in [5.74, 6) is 0.424. The number of hydrogen-bond acceptors (Lipinski definition) is 3. The van der Waals surface area contributed by atoms with Gasteiger partial charge in [-0.25, -0.2) is 4.98 Å². The van der Waals surface area contributed by atoms with E-state index >= 15 is 0 Å². The molecule has 2 N–H and O–H groups in total. The van der Waals surface area contributed by atoms with Crippen LogP contribution in [0.2, 0.25) is 6.32 Å². The summed E-state index contributed by atoms with van der Waals surface area (Å²) in [6, 6.07) is 1.79. The highest BCUT2D eigenvalue weighted by Gasteiger charge is 2.50. The average Bonchev–Trinajstić information content (AvgIpc) is 2.50. The zero-order valence-corrected chi connectivity index (χ0v) is 15.2. The van der Waals surface area contributed by atoms with Crippen LogP contribution in [0.5, 0.6) is 0 Å². The Bertz CT molecular complexity index is 572. The van der Waals surface area contributed by atoms with Crippen molar-refractivity contribution in [2.75, 3.05) is 5.73 Å². The molecule has 2 unspecified atom stereocenters. The SMILES string of the molecule is [B]C(F)(P)Cc1c(B2CC(C)(C)C(C)(C)O2)cc(N)nc1C. The first-order valence-electron chi connectivity index (χ1n) is 7.53. The second kappa shape index (κ2) is 5.49. The second-order valence-electron chi connectivity index (χ2n) is 7.51. The Morgan fingerprint density at radius 1 is 1.50 bits per heavy atom. The Hall–Kier alpha value is -0.600. The highest BCUT2D eigenvalue weighted by atomic mass is 31.0. The number of anilines is 1. The first-order chi connectivity index (χ1) is 9.82. The molecular weight excluding hydrogens is 296 g/mol. The molecule has 2 atom stereocenters. The van der Waals surface area contributed by atoms with Crippen LogP contribution in [0.4, 0.5) is 10.2 Å². The summed E-state index contributed by atoms with van der Waals surface area (Å²) in [7, 11) is 7.58. The molecule has 22 heavy (non-hydrogen) atoms. The lowest BCUT2D eigenvalue weighted by Crippen LogP contribution is -2.39. The third-order valence-electron chi connectivity index (χ3n) is 4.94. The number of nitrogens with two attached hydrogens (primary N) is 1. The molecular formula is C15H24B2FN2OP. The van der Waals surface area contributed by atoms with Crippen LogP contribution in [0, 0.1) is 12.3 Å². The van der Waals surface area contributed by atoms with E-state index in [0.717, 1.165) is 17.3 Å². The molecule has 1 aliphatic heterocycles. The molecule has 0 aliphatic carbocycles. The molecule has 1 aliphatic rings. The maximum absolute atomic E-state index is 14.0. The number of nitrogen functional groups attached to an aromatic ring is 1. The fraction of sp³-hybridized carbons (Fsp3) is 0.667. The molecule has 1 fully saturated rings. The number of aromatic nitrogens is 1. The Morgan fingerprint density at radius 2 is 2.09 bits per heavy atom. The van der Waals surface area contributed by atoms with Crippen LogP contribution in [0.3, 0.4) is 0 Å². The first-order valence-corrected chi connectivity index (χ1v) is 8.10. The van der Waals surface area contributed by atoms with Gasteiger partial charge in [-0.05, 0) is 49.6 Å². The largest absolute Gasteiger partial charge is 0.426 e. The van der Waals surface area contributed by atoms with Gasteiger partial charge in [-0.1, -0.05) is 13.8 Å². The zero-order valence-electron chi connectivity index (χ0n) is 14.0. The normalized spacial score (nSPS) is 22.6. The molecule has 2 heterocycles. The molecule has 118 valence electrons. The Balaban J connectivity index is 2.47. The molecule has 1 aromatic rings. The Morgan fingerprint density at radius 3 is 2.55 bits per heavy atom. The number of pyridine rings is 1. The molecule has 0 bridgehead atoms. The van der Waals surface area contributed by atoms with Gasteiger partial charge < -0.3 is 10.4 Å². The molecule has 7 heteroatoms. The smallest absolute Gasteiger partial charge is 0.328 e. The van der Waals surface area contributed by atoms with Crippen LogP contribution in [0.25, 0.3) is 0 Å². The topological polar surface area (TPSA) is 48.1 Å². The molecule has 0 aromatic carbocycles. The highest BCUT2D eigenvalue weighted by molar-refractivity contribution is 7.21. The lowest BCUT2D eigenvalue weighted by atomic mass is 9.53. The van der Waals surface area contributed by atoms with Crippen molar-refractivity contribution in [3.63, 3.8) is 0 Å². The highest BCUT2D eigenvalue weighted by Crippen LogP contribution is 2.45. The molecule has 0 saturated carbocycles. The third-order valence-corrected chi connectivity index (χ3v) is 5.15. The summed E-state index contributed by atoms with van der Waals surface area (Å²) in [5, 5.41) is -1.87. The van der Waals surface area contributed by atoms with Crippen molar-refractivity contribution in [1.82, 2.24) is 4.98 Å². The zero-order chi connectivity index (χ0) is 16.9. The second-order valence-corrected chi connectivity index (χ2v) is 8.47. The van der Waals surface area contributed by atoms with E-state index < -0.39 is 5.31 Å². The third kappa shape index (κ3) is 3.49. The molecule has 2 rings (SSSR count). The van der Waals surface area contributed by atoms with Crippen LogP contribution in [0.1, 0.15) is 39.0 Å². The van der Waals surface area contributed by atoms with E-state index in [-0.39, 0.29) is 24.4 Å². The molecule has 1 aromatic heterocycles. The van der Waals surface area contributed by atoms with Crippen LogP contribution >= 0.6 is 9.24 Å². The van der Waals surface area contributed by atoms with Gasteiger partial charge in [0.25, 0.3) is 0 Å². The Labute approximate surface area is 136 Å². The Kier molecular flexibility index (Phi) is 4.43. The van der Waals surface area contributed by atoms with E-state index in [1.807, 2.05) is 16.2 Å². The molecule has 1 saturated heterocycles. The summed E-state index contributed by atoms with van der Waals surface area (Å²) < 4.78 is 20.2. The maximum Gasteiger partial charge on any atom is 0.328 e. The molecule has 0 amide bonds. The lowest BCUT2D eigenvalue weighted by Gasteiger charge is -2.34. The van der Waals surface area contributed by atoms with E-state index in [9.17, 15) is 4.39 Å². The van der Waals surface area contributed by atoms with E-state index in [0.29, 0.717) is 11.5 Å². The quantitative estimate of drug-likeness (QED) is 0.686. The van der Waals surface area contributed by atoms with Gasteiger partial charge in [0.2, 0.25) is 0 Å². The minimum absolute atomic E-state index is 0.0113. The fourth-order valence-corrected chi connectivity index (χ4v) is 3.18. The number of alkyl halides is 1. The van der Waals surface area contributed by atoms with Gasteiger partial charge in [-0.15, -0.1) is 9.24 Å². The van der Waals surface area contributed by atoms with Crippen molar-refractivity contribution in [1.29, 1.82) is 0 Å². The van der Waals surface area contributed by atoms with Crippen LogP contribution in [-0.4, -0.2) is 30.7 Å². The number of aryl methyl sites for hydroxylation is 1. The molecule has 2 radical (unpaired) electrons. The number of hydrogen-bond donors (Lipinski definition) is 1. The van der Waals surface area contributed by atoms with Gasteiger partial charge in [-0.3, -0.25) is 4.39 Å². The van der Waals surface area contributed by atoms with Crippen molar-refractivity contribution in [3.8, 4) is 0 Å². The van der Waals surface area contributed by atoms with Crippen LogP contribution < -0.4 is 11.2 Å². The van der Waals surface area contributed by atoms with E-state index in [1.165, 1.54) is 0 Å². The maximum atomic E-state index is 14.0. The van der Waals surface area contributed by atoms with Crippen LogP contribution in [0.15, 0.2) is 6.07 Å². The van der Waals surface area contributed by atoms with Crippen LogP contribution in [-0.2, 0) is 11.1 Å². The lowest BCUT2D eigenvalue weighted by molar-refractivity contribution is 0.0375. The molecule has 3 nitrogen and oxygen atoms in total. The van der Waals surface area contributed by atoms with Gasteiger partial charge in [0.05, 0.1) is 10.9 Å². The predicted octanol–water partition coefficient (Wildman–Crippen LogP) is 2.22. The van der Waals surface area contributed by atoms with Gasteiger partial charge >= 0.3 is 6.92 Å². The minimum atomic E-state index is -1.87. The summed E-state index contributed by atoms with van der Waals surface area (Å²) in [6.45, 7) is 10.2. The van der Waals surface area contributed by atoms with Gasteiger partial charge in [0, 0.05) is 12.1 Å². The minimum Gasteiger partial charge on any atom is -0.426 e. The van der Waals surface area contributed by atoms with Crippen molar-refractivity contribution >= 4 is 35.3 Å². The van der Waals surface area contributed by atoms with E-state index in [1.54, 1.807) is 6.07 Å². The predicted molar refractivity (Wildman–Crippen MR) is 95.5 cm³/mol. The van der Waals surface area contributed by atoms with Gasteiger partial charge in [0.1, 0.15) is 13.7 Å². The van der Waals surface area contributed by atoms with Crippen molar-refractivity contribution in [2.45, 2.75) is 58.3 Å². The number of rotatable bonds is 3. The number of halogens is 1. The van der Waals surface area contributed by atoms with Crippen molar-refractivity contribution in [3.05, 3.63) is 17.3 Å². The van der Waals surface area contributed by atoms with Gasteiger partial charge in [-0.2, -0.15) is 0 Å². The average molecular weight is 320 g/mol. The van der Waals surface area contributed by atoms with Crippen molar-refractivity contribution in [2.24, 2.45) is 5.41 Å². The first kappa shape index (κ1) is 17.7. The number of nitrogens with zero attached hydrogens (tertiary/aromatic N) is 1. The van der Waals surface area contributed by atoms with Crippen molar-refractivity contribution < 1.29 is 9.04 Å². The monoisotopic (exact) mass is 320 g/mol. The van der Waals surface area contributed by atoms with E-state index in [2.05, 4.69) is 32.7 Å². The fourth-order valence-electron chi connectivity index (χ4n) is 2.98.